The quantitative estimate of drug-likeness (QED) is 0.633. The zero-order valence-electron chi connectivity index (χ0n) is 14.8. The molecule has 0 aliphatic carbocycles. The topological polar surface area (TPSA) is 90.5 Å². The molecular formula is C16H28N4O3S. The average Bonchev–Trinajstić information content (AvgIpc) is 2.54. The molecule has 0 heterocycles. The molecule has 0 bridgehead atoms. The number of urea groups is 1. The number of amides is 2. The number of sulfonamides is 1. The Morgan fingerprint density at radius 1 is 1.17 bits per heavy atom. The molecule has 0 aromatic heterocycles. The Morgan fingerprint density at radius 3 is 2.38 bits per heavy atom. The molecular weight excluding hydrogens is 328 g/mol. The van der Waals surface area contributed by atoms with Crippen LogP contribution in [-0.2, 0) is 10.0 Å². The number of nitrogens with one attached hydrogen (secondary N) is 3. The first-order valence-electron chi connectivity index (χ1n) is 8.19. The van der Waals surface area contributed by atoms with Crippen LogP contribution < -0.4 is 15.4 Å². The molecule has 1 aromatic carbocycles. The van der Waals surface area contributed by atoms with Crippen LogP contribution in [0.1, 0.15) is 26.3 Å². The number of anilines is 2. The van der Waals surface area contributed by atoms with Gasteiger partial charge in [-0.2, -0.15) is 0 Å². The van der Waals surface area contributed by atoms with E-state index < -0.39 is 10.0 Å². The van der Waals surface area contributed by atoms with Crippen molar-refractivity contribution in [3.8, 4) is 0 Å². The van der Waals surface area contributed by atoms with Gasteiger partial charge in [0.05, 0.1) is 11.4 Å². The maximum Gasteiger partial charge on any atom is 0.319 e. The first-order valence-corrected chi connectivity index (χ1v) is 9.84. The number of hydrogen-bond acceptors (Lipinski definition) is 4. The molecule has 0 aliphatic heterocycles. The fraction of sp³-hybridized carbons (Fsp3) is 0.562. The fourth-order valence-corrected chi connectivity index (χ4v) is 2.85. The summed E-state index contributed by atoms with van der Waals surface area (Å²) in [6.07, 6.45) is 0. The minimum absolute atomic E-state index is 0.0153. The molecule has 1 rings (SSSR count). The number of benzene rings is 1. The first-order chi connectivity index (χ1) is 11.3. The Balaban J connectivity index is 2.57. The molecule has 2 amide bonds. The van der Waals surface area contributed by atoms with E-state index in [1.807, 2.05) is 0 Å². The van der Waals surface area contributed by atoms with Crippen molar-refractivity contribution in [1.29, 1.82) is 0 Å². The first kappa shape index (κ1) is 20.2. The summed E-state index contributed by atoms with van der Waals surface area (Å²) in [5.74, 6) is 0.0153. The summed E-state index contributed by atoms with van der Waals surface area (Å²) >= 11 is 0. The van der Waals surface area contributed by atoms with E-state index in [0.717, 1.165) is 25.2 Å². The van der Waals surface area contributed by atoms with Gasteiger partial charge in [0.15, 0.2) is 0 Å². The summed E-state index contributed by atoms with van der Waals surface area (Å²) in [7, 11) is -3.31. The van der Waals surface area contributed by atoms with Crippen LogP contribution in [0.3, 0.4) is 0 Å². The second kappa shape index (κ2) is 9.48. The van der Waals surface area contributed by atoms with Crippen LogP contribution in [0, 0.1) is 6.92 Å². The van der Waals surface area contributed by atoms with Gasteiger partial charge < -0.3 is 15.5 Å². The van der Waals surface area contributed by atoms with E-state index in [1.165, 1.54) is 0 Å². The second-order valence-electron chi connectivity index (χ2n) is 5.44. The standard InChI is InChI=1S/C16H28N4O3S/c1-5-20(6-2)11-10-17-16(21)18-14-8-9-15(13(4)12-14)19-24(22,23)7-3/h8-9,12,19H,5-7,10-11H2,1-4H3,(H2,17,18,21). The molecule has 3 N–H and O–H groups in total. The van der Waals surface area contributed by atoms with Crippen LogP contribution in [0.5, 0.6) is 0 Å². The Morgan fingerprint density at radius 2 is 1.83 bits per heavy atom. The predicted molar refractivity (Wildman–Crippen MR) is 99.1 cm³/mol. The molecule has 1 aromatic rings. The number of carbonyl (C=O) groups is 1. The normalized spacial score (nSPS) is 11.4. The molecule has 0 fully saturated rings. The number of nitrogens with zero attached hydrogens (tertiary/aromatic N) is 1. The number of likely N-dealkylation sites (N-methyl/N-ethyl adjacent to an activating group) is 1. The summed E-state index contributed by atoms with van der Waals surface area (Å²) in [6, 6.07) is 4.78. The van der Waals surface area contributed by atoms with Crippen molar-refractivity contribution in [2.75, 3.05) is 42.0 Å². The van der Waals surface area contributed by atoms with Gasteiger partial charge in [0.2, 0.25) is 10.0 Å². The monoisotopic (exact) mass is 356 g/mol. The number of aryl methyl sites for hydroxylation is 1. The minimum atomic E-state index is -3.31. The van der Waals surface area contributed by atoms with Crippen molar-refractivity contribution in [2.24, 2.45) is 0 Å². The summed E-state index contributed by atoms with van der Waals surface area (Å²) in [5, 5.41) is 5.56. The maximum atomic E-state index is 11.9. The molecule has 0 atom stereocenters. The van der Waals surface area contributed by atoms with Gasteiger partial charge in [0, 0.05) is 18.8 Å². The van der Waals surface area contributed by atoms with Gasteiger partial charge >= 0.3 is 6.03 Å². The van der Waals surface area contributed by atoms with Crippen LogP contribution in [0.25, 0.3) is 0 Å². The zero-order valence-corrected chi connectivity index (χ0v) is 15.7. The van der Waals surface area contributed by atoms with Crippen LogP contribution in [-0.4, -0.2) is 51.3 Å². The van der Waals surface area contributed by atoms with Crippen LogP contribution in [0.4, 0.5) is 16.2 Å². The van der Waals surface area contributed by atoms with E-state index >= 15 is 0 Å². The fourth-order valence-electron chi connectivity index (χ4n) is 2.14. The molecule has 7 nitrogen and oxygen atoms in total. The summed E-state index contributed by atoms with van der Waals surface area (Å²) in [5.41, 5.74) is 1.88. The molecule has 8 heteroatoms. The van der Waals surface area contributed by atoms with Crippen molar-refractivity contribution in [2.45, 2.75) is 27.7 Å². The summed E-state index contributed by atoms with van der Waals surface area (Å²) in [6.45, 7) is 10.8. The van der Waals surface area contributed by atoms with Crippen LogP contribution >= 0.6 is 0 Å². The number of rotatable bonds is 9. The van der Waals surface area contributed by atoms with E-state index in [1.54, 1.807) is 32.0 Å². The highest BCUT2D eigenvalue weighted by Crippen LogP contribution is 2.20. The van der Waals surface area contributed by atoms with Gasteiger partial charge in [-0.1, -0.05) is 13.8 Å². The SMILES string of the molecule is CCN(CC)CCNC(=O)Nc1ccc(NS(=O)(=O)CC)c(C)c1. The van der Waals surface area contributed by atoms with Crippen LogP contribution in [0.2, 0.25) is 0 Å². The molecule has 0 aliphatic rings. The zero-order chi connectivity index (χ0) is 18.2. The average molecular weight is 356 g/mol. The Hall–Kier alpha value is -1.80. The Labute approximate surface area is 144 Å². The van der Waals surface area contributed by atoms with Gasteiger partial charge in [0.1, 0.15) is 0 Å². The van der Waals surface area contributed by atoms with Gasteiger partial charge in [-0.25, -0.2) is 13.2 Å². The summed E-state index contributed by atoms with van der Waals surface area (Å²) in [4.78, 5) is 14.1. The molecule has 0 saturated heterocycles. The Kier molecular flexibility index (Phi) is 8.00. The van der Waals surface area contributed by atoms with Crippen molar-refractivity contribution < 1.29 is 13.2 Å². The minimum Gasteiger partial charge on any atom is -0.337 e. The van der Waals surface area contributed by atoms with Crippen molar-refractivity contribution in [3.63, 3.8) is 0 Å². The highest BCUT2D eigenvalue weighted by atomic mass is 32.2. The maximum absolute atomic E-state index is 11.9. The van der Waals surface area contributed by atoms with Gasteiger partial charge in [-0.15, -0.1) is 0 Å². The molecule has 0 spiro atoms. The molecule has 0 radical (unpaired) electrons. The lowest BCUT2D eigenvalue weighted by molar-refractivity contribution is 0.248. The van der Waals surface area contributed by atoms with Gasteiger partial charge in [0.25, 0.3) is 0 Å². The lowest BCUT2D eigenvalue weighted by atomic mass is 10.2. The molecule has 0 unspecified atom stereocenters. The number of hydrogen-bond donors (Lipinski definition) is 3. The van der Waals surface area contributed by atoms with Crippen molar-refractivity contribution in [1.82, 2.24) is 10.2 Å². The smallest absolute Gasteiger partial charge is 0.319 e. The number of carbonyl (C=O) groups excluding carboxylic acids is 1. The largest absolute Gasteiger partial charge is 0.337 e. The third-order valence-corrected chi connectivity index (χ3v) is 5.03. The lowest BCUT2D eigenvalue weighted by Crippen LogP contribution is -2.36. The van der Waals surface area contributed by atoms with E-state index in [0.29, 0.717) is 17.9 Å². The van der Waals surface area contributed by atoms with E-state index in [-0.39, 0.29) is 11.8 Å². The van der Waals surface area contributed by atoms with Crippen molar-refractivity contribution in [3.05, 3.63) is 23.8 Å². The highest BCUT2D eigenvalue weighted by molar-refractivity contribution is 7.92. The van der Waals surface area contributed by atoms with E-state index in [9.17, 15) is 13.2 Å². The van der Waals surface area contributed by atoms with E-state index in [2.05, 4.69) is 34.1 Å². The molecule has 0 saturated carbocycles. The predicted octanol–water partition coefficient (Wildman–Crippen LogP) is 2.22. The second-order valence-corrected chi connectivity index (χ2v) is 7.45. The Bertz CT molecular complexity index is 643. The van der Waals surface area contributed by atoms with Gasteiger partial charge in [-0.3, -0.25) is 4.72 Å². The third-order valence-electron chi connectivity index (χ3n) is 3.74. The molecule has 24 heavy (non-hydrogen) atoms. The lowest BCUT2D eigenvalue weighted by Gasteiger charge is -2.18. The van der Waals surface area contributed by atoms with Gasteiger partial charge in [-0.05, 0) is 50.7 Å². The highest BCUT2D eigenvalue weighted by Gasteiger charge is 2.10. The molecule has 136 valence electrons. The van der Waals surface area contributed by atoms with Crippen LogP contribution in [0.15, 0.2) is 18.2 Å². The van der Waals surface area contributed by atoms with E-state index in [4.69, 9.17) is 0 Å². The van der Waals surface area contributed by atoms with Crippen molar-refractivity contribution >= 4 is 27.4 Å². The summed E-state index contributed by atoms with van der Waals surface area (Å²) < 4.78 is 25.7. The third kappa shape index (κ3) is 6.76.